The van der Waals surface area contributed by atoms with Gasteiger partial charge >= 0.3 is 5.97 Å². The van der Waals surface area contributed by atoms with Crippen LogP contribution in [0, 0.1) is 6.92 Å². The molecule has 3 heterocycles. The summed E-state index contributed by atoms with van der Waals surface area (Å²) in [5, 5.41) is 16.0. The fraction of sp³-hybridized carbons (Fsp3) is 0.256. The Hall–Kier alpha value is -6.28. The monoisotopic (exact) mass is 749 g/mol. The molecule has 276 valence electrons. The lowest BCUT2D eigenvalue weighted by molar-refractivity contribution is -0.118. The molecular formula is C39H36ClN7O7. The van der Waals surface area contributed by atoms with Crippen LogP contribution >= 0.6 is 11.6 Å². The number of benzene rings is 3. The number of halogens is 1. The standard InChI is InChI=1S/C39H36ClN7O7/c1-20-22-12-13-27(24(22)11-10-23(20)38(52)54-39(2,3)4)45-37(51)31-16-30(36(50)41-17-21-9-14-32-29(15-21)43-33(48)19-53-32)44-34-25(18-42-47(31)34)35(49)46-28-8-6-5-7-26(28)40/h5-11,14-16,18,27H,12-13,17,19H2,1-4H3,(H,41,50)(H,43,48)(H,45,51)(H,46,49)/t27-/m0/s1. The zero-order valence-corrected chi connectivity index (χ0v) is 30.6. The molecule has 4 N–H and O–H groups in total. The SMILES string of the molecule is Cc1c(C(=O)OC(C)(C)C)ccc2c1CC[C@@H]2NC(=O)c1cc(C(=O)NCc2ccc3c(c2)NC(=O)CO3)nc2c(C(=O)Nc3ccccc3Cl)cnn12. The van der Waals surface area contributed by atoms with E-state index in [9.17, 15) is 24.0 Å². The zero-order valence-electron chi connectivity index (χ0n) is 29.8. The molecule has 3 aromatic carbocycles. The van der Waals surface area contributed by atoms with E-state index in [2.05, 4.69) is 31.3 Å². The first-order valence-electron chi connectivity index (χ1n) is 17.2. The number of fused-ring (bicyclic) bond motifs is 3. The van der Waals surface area contributed by atoms with Crippen LogP contribution in [-0.4, -0.2) is 56.4 Å². The largest absolute Gasteiger partial charge is 0.482 e. The number of aromatic nitrogens is 3. The molecule has 15 heteroatoms. The first-order chi connectivity index (χ1) is 25.8. The predicted molar refractivity (Wildman–Crippen MR) is 199 cm³/mol. The molecule has 14 nitrogen and oxygen atoms in total. The molecule has 0 bridgehead atoms. The van der Waals surface area contributed by atoms with Crippen LogP contribution in [0.25, 0.3) is 5.65 Å². The summed E-state index contributed by atoms with van der Waals surface area (Å²) in [6, 6.07) is 16.3. The number of carbonyl (C=O) groups excluding carboxylic acids is 5. The van der Waals surface area contributed by atoms with Crippen molar-refractivity contribution in [3.05, 3.63) is 117 Å². The van der Waals surface area contributed by atoms with Crippen molar-refractivity contribution in [1.82, 2.24) is 25.2 Å². The Labute approximate surface area is 314 Å². The number of rotatable bonds is 8. The summed E-state index contributed by atoms with van der Waals surface area (Å²) >= 11 is 6.28. The Bertz CT molecular complexity index is 2380. The molecule has 5 aromatic rings. The minimum absolute atomic E-state index is 0.000516. The summed E-state index contributed by atoms with van der Waals surface area (Å²) in [5.41, 5.74) is 3.72. The van der Waals surface area contributed by atoms with Crippen LogP contribution in [0.2, 0.25) is 5.02 Å². The summed E-state index contributed by atoms with van der Waals surface area (Å²) in [4.78, 5) is 70.5. The van der Waals surface area contributed by atoms with E-state index in [1.54, 1.807) is 48.5 Å². The van der Waals surface area contributed by atoms with Gasteiger partial charge in [0.2, 0.25) is 0 Å². The van der Waals surface area contributed by atoms with Crippen LogP contribution in [0.1, 0.15) is 97.2 Å². The molecule has 1 aliphatic carbocycles. The highest BCUT2D eigenvalue weighted by atomic mass is 35.5. The van der Waals surface area contributed by atoms with Crippen molar-refractivity contribution in [3.8, 4) is 5.75 Å². The summed E-state index contributed by atoms with van der Waals surface area (Å²) < 4.78 is 12.2. The fourth-order valence-corrected chi connectivity index (χ4v) is 6.67. The van der Waals surface area contributed by atoms with Gasteiger partial charge < -0.3 is 30.7 Å². The van der Waals surface area contributed by atoms with E-state index in [1.165, 1.54) is 16.8 Å². The quantitative estimate of drug-likeness (QED) is 0.147. The maximum Gasteiger partial charge on any atom is 0.338 e. The number of ether oxygens (including phenoxy) is 2. The van der Waals surface area contributed by atoms with Gasteiger partial charge in [-0.15, -0.1) is 0 Å². The Balaban J connectivity index is 1.18. The first-order valence-corrected chi connectivity index (χ1v) is 17.6. The maximum absolute atomic E-state index is 14.1. The number of para-hydroxylation sites is 1. The van der Waals surface area contributed by atoms with Crippen LogP contribution in [0.15, 0.2) is 66.9 Å². The van der Waals surface area contributed by atoms with Gasteiger partial charge in [-0.1, -0.05) is 35.9 Å². The number of nitrogens with zero attached hydrogens (tertiary/aromatic N) is 3. The molecule has 0 radical (unpaired) electrons. The van der Waals surface area contributed by atoms with Gasteiger partial charge in [0.05, 0.1) is 34.2 Å². The van der Waals surface area contributed by atoms with Crippen LogP contribution in [0.5, 0.6) is 5.75 Å². The fourth-order valence-electron chi connectivity index (χ4n) is 6.48. The number of anilines is 2. The molecule has 0 spiro atoms. The van der Waals surface area contributed by atoms with Crippen molar-refractivity contribution in [3.63, 3.8) is 0 Å². The lowest BCUT2D eigenvalue weighted by Gasteiger charge is -2.21. The van der Waals surface area contributed by atoms with E-state index in [1.807, 2.05) is 33.8 Å². The van der Waals surface area contributed by atoms with Crippen molar-refractivity contribution < 1.29 is 33.4 Å². The van der Waals surface area contributed by atoms with Crippen LogP contribution < -0.4 is 26.0 Å². The smallest absolute Gasteiger partial charge is 0.338 e. The van der Waals surface area contributed by atoms with Crippen LogP contribution in [-0.2, 0) is 22.5 Å². The van der Waals surface area contributed by atoms with E-state index in [0.29, 0.717) is 46.1 Å². The third kappa shape index (κ3) is 7.33. The molecule has 7 rings (SSSR count). The molecule has 2 aromatic heterocycles. The lowest BCUT2D eigenvalue weighted by atomic mass is 9.97. The molecule has 0 saturated heterocycles. The summed E-state index contributed by atoms with van der Waals surface area (Å²) in [6.45, 7) is 7.27. The van der Waals surface area contributed by atoms with Crippen LogP contribution in [0.3, 0.4) is 0 Å². The number of esters is 1. The van der Waals surface area contributed by atoms with Crippen molar-refractivity contribution in [1.29, 1.82) is 0 Å². The lowest BCUT2D eigenvalue weighted by Crippen LogP contribution is -2.31. The normalized spacial score (nSPS) is 14.7. The molecule has 0 unspecified atom stereocenters. The molecule has 0 saturated carbocycles. The number of carbonyl (C=O) groups is 5. The maximum atomic E-state index is 14.1. The Morgan fingerprint density at radius 3 is 2.59 bits per heavy atom. The van der Waals surface area contributed by atoms with Gasteiger partial charge in [-0.3, -0.25) is 19.2 Å². The highest BCUT2D eigenvalue weighted by Gasteiger charge is 2.31. The van der Waals surface area contributed by atoms with Gasteiger partial charge in [0.15, 0.2) is 12.3 Å². The van der Waals surface area contributed by atoms with Gasteiger partial charge in [0.25, 0.3) is 23.6 Å². The summed E-state index contributed by atoms with van der Waals surface area (Å²) in [7, 11) is 0. The van der Waals surface area contributed by atoms with Gasteiger partial charge in [-0.25, -0.2) is 14.3 Å². The average molecular weight is 750 g/mol. The molecular weight excluding hydrogens is 714 g/mol. The topological polar surface area (TPSA) is 182 Å². The molecule has 1 atom stereocenters. The number of hydrogen-bond acceptors (Lipinski definition) is 9. The first kappa shape index (κ1) is 36.1. The van der Waals surface area contributed by atoms with Crippen LogP contribution in [0.4, 0.5) is 11.4 Å². The van der Waals surface area contributed by atoms with E-state index in [0.717, 1.165) is 16.7 Å². The van der Waals surface area contributed by atoms with E-state index < -0.39 is 35.3 Å². The Morgan fingerprint density at radius 2 is 1.81 bits per heavy atom. The summed E-state index contributed by atoms with van der Waals surface area (Å²) in [5.74, 6) is -1.98. The van der Waals surface area contributed by atoms with Gasteiger partial charge in [-0.05, 0) is 93.1 Å². The Kier molecular flexibility index (Phi) is 9.54. The molecule has 0 fully saturated rings. The van der Waals surface area contributed by atoms with E-state index in [4.69, 9.17) is 21.1 Å². The summed E-state index contributed by atoms with van der Waals surface area (Å²) in [6.07, 6.45) is 2.45. The number of amides is 4. The number of hydrogen-bond donors (Lipinski definition) is 4. The Morgan fingerprint density at radius 1 is 1.02 bits per heavy atom. The predicted octanol–water partition coefficient (Wildman–Crippen LogP) is 5.58. The third-order valence-corrected chi connectivity index (χ3v) is 9.38. The van der Waals surface area contributed by atoms with Gasteiger partial charge in [-0.2, -0.15) is 5.10 Å². The second-order valence-electron chi connectivity index (χ2n) is 14.0. The minimum Gasteiger partial charge on any atom is -0.482 e. The van der Waals surface area contributed by atoms with Crippen molar-refractivity contribution in [2.75, 3.05) is 17.2 Å². The second kappa shape index (κ2) is 14.3. The molecule has 4 amide bonds. The third-order valence-electron chi connectivity index (χ3n) is 9.05. The molecule has 54 heavy (non-hydrogen) atoms. The zero-order chi connectivity index (χ0) is 38.3. The van der Waals surface area contributed by atoms with Crippen molar-refractivity contribution in [2.24, 2.45) is 0 Å². The molecule has 1 aliphatic heterocycles. The minimum atomic E-state index is -0.651. The highest BCUT2D eigenvalue weighted by Crippen LogP contribution is 2.36. The van der Waals surface area contributed by atoms with Crippen molar-refractivity contribution in [2.45, 2.75) is 58.7 Å². The average Bonchev–Trinajstić information content (AvgIpc) is 3.75. The molecule has 2 aliphatic rings. The highest BCUT2D eigenvalue weighted by molar-refractivity contribution is 6.34. The van der Waals surface area contributed by atoms with Gasteiger partial charge in [0, 0.05) is 12.6 Å². The van der Waals surface area contributed by atoms with E-state index in [-0.39, 0.29) is 41.7 Å². The van der Waals surface area contributed by atoms with Crippen molar-refractivity contribution >= 4 is 58.2 Å². The number of nitrogens with one attached hydrogen (secondary N) is 4. The van der Waals surface area contributed by atoms with E-state index >= 15 is 0 Å². The second-order valence-corrected chi connectivity index (χ2v) is 14.4. The van der Waals surface area contributed by atoms with Gasteiger partial charge in [0.1, 0.15) is 28.3 Å².